The van der Waals surface area contributed by atoms with Crippen LogP contribution >= 0.6 is 11.6 Å². The fraction of sp³-hybridized carbons (Fsp3) is 0.364. The van der Waals surface area contributed by atoms with E-state index < -0.39 is 6.30 Å². The largest absolute Gasteiger partial charge is 0.326 e. The molecule has 0 radical (unpaired) electrons. The number of alkyl halides is 1. The zero-order valence-corrected chi connectivity index (χ0v) is 8.84. The Morgan fingerprint density at radius 2 is 2.33 bits per heavy atom. The molecule has 2 nitrogen and oxygen atoms in total. The SMILES string of the molecule is FC1CCC2=Nc3cccc(Cl)c3CN21. The first-order valence-corrected chi connectivity index (χ1v) is 5.39. The van der Waals surface area contributed by atoms with Gasteiger partial charge in [0.25, 0.3) is 0 Å². The zero-order chi connectivity index (χ0) is 10.4. The maximum atomic E-state index is 13.5. The quantitative estimate of drug-likeness (QED) is 0.618. The molecule has 0 aliphatic carbocycles. The number of aliphatic imine (C=N–C) groups is 1. The summed E-state index contributed by atoms with van der Waals surface area (Å²) >= 11 is 6.06. The summed E-state index contributed by atoms with van der Waals surface area (Å²) in [4.78, 5) is 6.14. The van der Waals surface area contributed by atoms with E-state index in [-0.39, 0.29) is 0 Å². The minimum absolute atomic E-state index is 0.546. The van der Waals surface area contributed by atoms with E-state index in [1.807, 2.05) is 18.2 Å². The average molecular weight is 225 g/mol. The molecule has 1 atom stereocenters. The van der Waals surface area contributed by atoms with Crippen LogP contribution in [-0.2, 0) is 6.54 Å². The first-order valence-electron chi connectivity index (χ1n) is 5.01. The van der Waals surface area contributed by atoms with Gasteiger partial charge in [0.15, 0.2) is 6.30 Å². The minimum Gasteiger partial charge on any atom is -0.326 e. The molecule has 1 aromatic carbocycles. The lowest BCUT2D eigenvalue weighted by Gasteiger charge is -2.27. The Bertz CT molecular complexity index is 444. The predicted molar refractivity (Wildman–Crippen MR) is 58.2 cm³/mol. The van der Waals surface area contributed by atoms with E-state index in [0.717, 1.165) is 23.5 Å². The lowest BCUT2D eigenvalue weighted by Crippen LogP contribution is -2.31. The molecule has 0 saturated carbocycles. The molecular formula is C11H10ClFN2. The third-order valence-electron chi connectivity index (χ3n) is 2.95. The number of benzene rings is 1. The standard InChI is InChI=1S/C11H10ClFN2/c12-8-2-1-3-9-7(8)6-15-10(13)4-5-11(15)14-9/h1-3,10H,4-6H2. The molecule has 2 aliphatic heterocycles. The summed E-state index contributed by atoms with van der Waals surface area (Å²) in [5, 5.41) is 0.675. The molecule has 2 aliphatic rings. The van der Waals surface area contributed by atoms with E-state index in [4.69, 9.17) is 11.6 Å². The van der Waals surface area contributed by atoms with Crippen molar-refractivity contribution in [2.45, 2.75) is 25.7 Å². The highest BCUT2D eigenvalue weighted by molar-refractivity contribution is 6.31. The summed E-state index contributed by atoms with van der Waals surface area (Å²) in [5.74, 6) is 0.859. The monoisotopic (exact) mass is 224 g/mol. The second kappa shape index (κ2) is 3.20. The van der Waals surface area contributed by atoms with Gasteiger partial charge in [-0.15, -0.1) is 0 Å². The summed E-state index contributed by atoms with van der Waals surface area (Å²) in [7, 11) is 0. The summed E-state index contributed by atoms with van der Waals surface area (Å²) < 4.78 is 13.5. The van der Waals surface area contributed by atoms with E-state index in [9.17, 15) is 4.39 Å². The number of amidine groups is 1. The predicted octanol–water partition coefficient (Wildman–Crippen LogP) is 3.28. The Morgan fingerprint density at radius 3 is 3.20 bits per heavy atom. The number of hydrogen-bond donors (Lipinski definition) is 0. The molecule has 1 unspecified atom stereocenters. The molecule has 1 fully saturated rings. The molecular weight excluding hydrogens is 215 g/mol. The zero-order valence-electron chi connectivity index (χ0n) is 8.08. The smallest absolute Gasteiger partial charge is 0.174 e. The summed E-state index contributed by atoms with van der Waals surface area (Å²) in [5.41, 5.74) is 1.83. The third kappa shape index (κ3) is 1.34. The van der Waals surface area contributed by atoms with Crippen LogP contribution in [0.25, 0.3) is 0 Å². The number of rotatable bonds is 0. The van der Waals surface area contributed by atoms with Crippen LogP contribution in [0.15, 0.2) is 23.2 Å². The maximum absolute atomic E-state index is 13.5. The summed E-state index contributed by atoms with van der Waals surface area (Å²) in [6.07, 6.45) is 0.380. The first-order chi connectivity index (χ1) is 7.25. The van der Waals surface area contributed by atoms with E-state index in [0.29, 0.717) is 18.0 Å². The Balaban J connectivity index is 2.10. The van der Waals surface area contributed by atoms with Gasteiger partial charge in [-0.1, -0.05) is 17.7 Å². The van der Waals surface area contributed by atoms with Gasteiger partial charge >= 0.3 is 0 Å². The van der Waals surface area contributed by atoms with Gasteiger partial charge in [0.2, 0.25) is 0 Å². The Morgan fingerprint density at radius 1 is 1.47 bits per heavy atom. The molecule has 0 aromatic heterocycles. The van der Waals surface area contributed by atoms with Crippen LogP contribution in [0.5, 0.6) is 0 Å². The molecule has 0 spiro atoms. The van der Waals surface area contributed by atoms with Gasteiger partial charge in [0, 0.05) is 23.4 Å². The molecule has 1 aromatic rings. The molecule has 0 N–H and O–H groups in total. The lowest BCUT2D eigenvalue weighted by molar-refractivity contribution is 0.165. The van der Waals surface area contributed by atoms with Crippen LogP contribution < -0.4 is 0 Å². The first kappa shape index (κ1) is 9.16. The molecule has 0 amide bonds. The third-order valence-corrected chi connectivity index (χ3v) is 3.30. The van der Waals surface area contributed by atoms with Crippen molar-refractivity contribution in [1.82, 2.24) is 4.90 Å². The fourth-order valence-electron chi connectivity index (χ4n) is 2.14. The van der Waals surface area contributed by atoms with Gasteiger partial charge in [0.05, 0.1) is 12.2 Å². The second-order valence-electron chi connectivity index (χ2n) is 3.87. The number of nitrogens with zero attached hydrogens (tertiary/aromatic N) is 2. The van der Waals surface area contributed by atoms with Crippen LogP contribution in [-0.4, -0.2) is 17.0 Å². The second-order valence-corrected chi connectivity index (χ2v) is 4.27. The topological polar surface area (TPSA) is 15.6 Å². The number of halogens is 2. The van der Waals surface area contributed by atoms with Crippen molar-refractivity contribution in [3.8, 4) is 0 Å². The van der Waals surface area contributed by atoms with E-state index in [1.54, 1.807) is 4.90 Å². The van der Waals surface area contributed by atoms with Crippen molar-refractivity contribution >= 4 is 23.1 Å². The summed E-state index contributed by atoms with van der Waals surface area (Å²) in [6.45, 7) is 0.551. The van der Waals surface area contributed by atoms with Gasteiger partial charge in [0.1, 0.15) is 5.84 Å². The van der Waals surface area contributed by atoms with Crippen molar-refractivity contribution < 1.29 is 4.39 Å². The fourth-order valence-corrected chi connectivity index (χ4v) is 2.37. The van der Waals surface area contributed by atoms with Crippen LogP contribution in [0.2, 0.25) is 5.02 Å². The molecule has 4 heteroatoms. The molecule has 2 heterocycles. The van der Waals surface area contributed by atoms with E-state index in [1.165, 1.54) is 0 Å². The van der Waals surface area contributed by atoms with Crippen molar-refractivity contribution in [2.24, 2.45) is 4.99 Å². The van der Waals surface area contributed by atoms with Crippen LogP contribution in [0.1, 0.15) is 18.4 Å². The van der Waals surface area contributed by atoms with E-state index in [2.05, 4.69) is 4.99 Å². The Labute approximate surface area is 92.4 Å². The maximum Gasteiger partial charge on any atom is 0.174 e. The molecule has 15 heavy (non-hydrogen) atoms. The van der Waals surface area contributed by atoms with Crippen molar-refractivity contribution in [2.75, 3.05) is 0 Å². The van der Waals surface area contributed by atoms with Gasteiger partial charge in [-0.25, -0.2) is 9.38 Å². The Kier molecular flexibility index (Phi) is 1.96. The average Bonchev–Trinajstić information content (AvgIpc) is 2.59. The van der Waals surface area contributed by atoms with Gasteiger partial charge in [-0.2, -0.15) is 0 Å². The van der Waals surface area contributed by atoms with Crippen molar-refractivity contribution in [1.29, 1.82) is 0 Å². The highest BCUT2D eigenvalue weighted by Crippen LogP contribution is 2.36. The van der Waals surface area contributed by atoms with Crippen LogP contribution in [0.3, 0.4) is 0 Å². The van der Waals surface area contributed by atoms with Gasteiger partial charge < -0.3 is 4.90 Å². The number of fused-ring (bicyclic) bond motifs is 2. The molecule has 78 valence electrons. The molecule has 0 bridgehead atoms. The van der Waals surface area contributed by atoms with E-state index >= 15 is 0 Å². The highest BCUT2D eigenvalue weighted by atomic mass is 35.5. The van der Waals surface area contributed by atoms with Crippen molar-refractivity contribution in [3.63, 3.8) is 0 Å². The van der Waals surface area contributed by atoms with Crippen molar-refractivity contribution in [3.05, 3.63) is 28.8 Å². The lowest BCUT2D eigenvalue weighted by atomic mass is 10.1. The Hall–Kier alpha value is -1.09. The molecule has 3 rings (SSSR count). The highest BCUT2D eigenvalue weighted by Gasteiger charge is 2.32. The number of hydrogen-bond acceptors (Lipinski definition) is 2. The van der Waals surface area contributed by atoms with Gasteiger partial charge in [-0.05, 0) is 12.1 Å². The molecule has 1 saturated heterocycles. The van der Waals surface area contributed by atoms with Crippen LogP contribution in [0, 0.1) is 0 Å². The summed E-state index contributed by atoms with van der Waals surface area (Å²) in [6, 6.07) is 5.63. The minimum atomic E-state index is -0.895. The normalized spacial score (nSPS) is 23.5. The van der Waals surface area contributed by atoms with Crippen LogP contribution in [0.4, 0.5) is 10.1 Å². The van der Waals surface area contributed by atoms with Gasteiger partial charge in [-0.3, -0.25) is 0 Å².